The molecule has 0 radical (unpaired) electrons. The molecule has 0 aliphatic carbocycles. The second-order valence-electron chi connectivity index (χ2n) is 3.93. The van der Waals surface area contributed by atoms with E-state index < -0.39 is 16.4 Å². The third-order valence-corrected chi connectivity index (χ3v) is 3.27. The first-order chi connectivity index (χ1) is 8.40. The number of nitro groups is 1. The number of hydrogen-bond acceptors (Lipinski definition) is 4. The fourth-order valence-electron chi connectivity index (χ4n) is 1.84. The average molecular weight is 318 g/mol. The van der Waals surface area contributed by atoms with Gasteiger partial charge < -0.3 is 10.6 Å². The Labute approximate surface area is 110 Å². The summed E-state index contributed by atoms with van der Waals surface area (Å²) in [6.07, 6.45) is 0.282. The van der Waals surface area contributed by atoms with Crippen molar-refractivity contribution in [3.8, 4) is 0 Å². The summed E-state index contributed by atoms with van der Waals surface area (Å²) in [6, 6.07) is 1.86. The second-order valence-corrected chi connectivity index (χ2v) is 5.22. The number of anilines is 2. The Balaban J connectivity index is 2.48. The van der Waals surface area contributed by atoms with E-state index in [1.165, 1.54) is 4.90 Å². The molecule has 1 saturated heterocycles. The van der Waals surface area contributed by atoms with Gasteiger partial charge in [-0.05, 0) is 0 Å². The predicted molar refractivity (Wildman–Crippen MR) is 67.2 cm³/mol. The molecule has 2 N–H and O–H groups in total. The number of nitrogens with two attached hydrogens (primary N) is 1. The normalized spacial score (nSPS) is 19.3. The fraction of sp³-hybridized carbons (Fsp3) is 0.300. The van der Waals surface area contributed by atoms with E-state index in [1.807, 2.05) is 0 Å². The van der Waals surface area contributed by atoms with E-state index in [0.717, 1.165) is 12.1 Å². The zero-order chi connectivity index (χ0) is 13.4. The molecule has 1 aromatic rings. The standard InChI is InChI=1S/C10H9BrFN3O3/c11-5-1-10(16)14(4-5)9-3-8(15(17)18)6(12)2-7(9)13/h2-3,5H,1,4,13H2. The van der Waals surface area contributed by atoms with Crippen LogP contribution in [0, 0.1) is 15.9 Å². The molecule has 0 aromatic heterocycles. The molecule has 1 aliphatic rings. The monoisotopic (exact) mass is 317 g/mol. The van der Waals surface area contributed by atoms with Gasteiger partial charge in [0.05, 0.1) is 16.3 Å². The Morgan fingerprint density at radius 3 is 2.72 bits per heavy atom. The van der Waals surface area contributed by atoms with Crippen LogP contribution >= 0.6 is 15.9 Å². The van der Waals surface area contributed by atoms with Gasteiger partial charge in [-0.25, -0.2) is 0 Å². The van der Waals surface area contributed by atoms with Crippen molar-refractivity contribution >= 4 is 38.9 Å². The molecule has 0 bridgehead atoms. The molecule has 6 nitrogen and oxygen atoms in total. The molecule has 8 heteroatoms. The number of benzene rings is 1. The van der Waals surface area contributed by atoms with Gasteiger partial charge in [0.2, 0.25) is 11.7 Å². The second kappa shape index (κ2) is 4.52. The van der Waals surface area contributed by atoms with Gasteiger partial charge in [0.1, 0.15) is 0 Å². The van der Waals surface area contributed by atoms with Crippen LogP contribution in [-0.4, -0.2) is 22.2 Å². The van der Waals surface area contributed by atoms with Gasteiger partial charge in [0.15, 0.2) is 0 Å². The lowest BCUT2D eigenvalue weighted by Crippen LogP contribution is -2.25. The summed E-state index contributed by atoms with van der Waals surface area (Å²) in [7, 11) is 0. The fourth-order valence-corrected chi connectivity index (χ4v) is 2.40. The number of rotatable bonds is 2. The summed E-state index contributed by atoms with van der Waals surface area (Å²) in [5.41, 5.74) is 5.10. The molecular formula is C10H9BrFN3O3. The van der Waals surface area contributed by atoms with Crippen LogP contribution < -0.4 is 10.6 Å². The zero-order valence-corrected chi connectivity index (χ0v) is 10.7. The van der Waals surface area contributed by atoms with Crippen molar-refractivity contribution in [3.63, 3.8) is 0 Å². The van der Waals surface area contributed by atoms with Crippen LogP contribution in [0.3, 0.4) is 0 Å². The summed E-state index contributed by atoms with van der Waals surface area (Å²) in [6.45, 7) is 0.353. The number of carbonyl (C=O) groups is 1. The first-order valence-electron chi connectivity index (χ1n) is 5.08. The molecule has 1 unspecified atom stereocenters. The first-order valence-corrected chi connectivity index (χ1v) is 5.99. The van der Waals surface area contributed by atoms with Crippen LogP contribution in [-0.2, 0) is 4.79 Å². The number of carbonyl (C=O) groups excluding carboxylic acids is 1. The van der Waals surface area contributed by atoms with Gasteiger partial charge in [-0.3, -0.25) is 14.9 Å². The van der Waals surface area contributed by atoms with Crippen molar-refractivity contribution in [2.45, 2.75) is 11.2 Å². The quantitative estimate of drug-likeness (QED) is 0.390. The van der Waals surface area contributed by atoms with E-state index >= 15 is 0 Å². The molecule has 1 fully saturated rings. The molecule has 2 rings (SSSR count). The van der Waals surface area contributed by atoms with Crippen LogP contribution in [0.2, 0.25) is 0 Å². The Morgan fingerprint density at radius 2 is 2.22 bits per heavy atom. The highest BCUT2D eigenvalue weighted by molar-refractivity contribution is 9.09. The van der Waals surface area contributed by atoms with E-state index in [2.05, 4.69) is 15.9 Å². The highest BCUT2D eigenvalue weighted by atomic mass is 79.9. The lowest BCUT2D eigenvalue weighted by atomic mass is 10.2. The molecule has 1 atom stereocenters. The highest BCUT2D eigenvalue weighted by Gasteiger charge is 2.31. The van der Waals surface area contributed by atoms with Crippen molar-refractivity contribution in [3.05, 3.63) is 28.1 Å². The topological polar surface area (TPSA) is 89.5 Å². The van der Waals surface area contributed by atoms with Gasteiger partial charge >= 0.3 is 5.69 Å². The van der Waals surface area contributed by atoms with Gasteiger partial charge in [-0.2, -0.15) is 4.39 Å². The molecule has 1 amide bonds. The van der Waals surface area contributed by atoms with Crippen LogP contribution in [0.1, 0.15) is 6.42 Å². The van der Waals surface area contributed by atoms with Gasteiger partial charge in [-0.1, -0.05) is 15.9 Å². The van der Waals surface area contributed by atoms with E-state index in [0.29, 0.717) is 6.54 Å². The van der Waals surface area contributed by atoms with Crippen molar-refractivity contribution < 1.29 is 14.1 Å². The lowest BCUT2D eigenvalue weighted by Gasteiger charge is -2.17. The number of amides is 1. The maximum Gasteiger partial charge on any atom is 0.307 e. The minimum absolute atomic E-state index is 0.00745. The number of alkyl halides is 1. The highest BCUT2D eigenvalue weighted by Crippen LogP contribution is 2.34. The molecule has 0 saturated carbocycles. The summed E-state index contributed by atoms with van der Waals surface area (Å²) >= 11 is 3.29. The largest absolute Gasteiger partial charge is 0.397 e. The molecular weight excluding hydrogens is 309 g/mol. The molecule has 1 aliphatic heterocycles. The maximum absolute atomic E-state index is 13.3. The third kappa shape index (κ3) is 2.15. The number of nitro benzene ring substituents is 1. The number of hydrogen-bond donors (Lipinski definition) is 1. The van der Waals surface area contributed by atoms with Crippen LogP contribution in [0.5, 0.6) is 0 Å². The summed E-state index contributed by atoms with van der Waals surface area (Å²) in [4.78, 5) is 22.8. The molecule has 1 aromatic carbocycles. The minimum Gasteiger partial charge on any atom is -0.397 e. The van der Waals surface area contributed by atoms with Crippen LogP contribution in [0.25, 0.3) is 0 Å². The Hall–Kier alpha value is -1.70. The van der Waals surface area contributed by atoms with Crippen LogP contribution in [0.4, 0.5) is 21.5 Å². The Morgan fingerprint density at radius 1 is 1.56 bits per heavy atom. The molecule has 96 valence electrons. The van der Waals surface area contributed by atoms with Crippen molar-refractivity contribution in [1.29, 1.82) is 0 Å². The van der Waals surface area contributed by atoms with Gasteiger partial charge in [0, 0.05) is 29.9 Å². The lowest BCUT2D eigenvalue weighted by molar-refractivity contribution is -0.387. The number of nitrogens with zero attached hydrogens (tertiary/aromatic N) is 2. The van der Waals surface area contributed by atoms with E-state index in [1.54, 1.807) is 0 Å². The van der Waals surface area contributed by atoms with Gasteiger partial charge in [0.25, 0.3) is 0 Å². The van der Waals surface area contributed by atoms with Crippen LogP contribution in [0.15, 0.2) is 12.1 Å². The van der Waals surface area contributed by atoms with E-state index in [4.69, 9.17) is 5.73 Å². The molecule has 0 spiro atoms. The summed E-state index contributed by atoms with van der Waals surface area (Å²) < 4.78 is 13.3. The zero-order valence-electron chi connectivity index (χ0n) is 9.10. The molecule has 18 heavy (non-hydrogen) atoms. The number of nitrogen functional groups attached to an aromatic ring is 1. The SMILES string of the molecule is Nc1cc(F)c([N+](=O)[O-])cc1N1CC(Br)CC1=O. The van der Waals surface area contributed by atoms with E-state index in [-0.39, 0.29) is 28.5 Å². The Bertz CT molecular complexity index is 537. The smallest absolute Gasteiger partial charge is 0.307 e. The van der Waals surface area contributed by atoms with E-state index in [9.17, 15) is 19.3 Å². The van der Waals surface area contributed by atoms with Crippen molar-refractivity contribution in [2.75, 3.05) is 17.2 Å². The maximum atomic E-state index is 13.3. The Kier molecular flexibility index (Phi) is 3.20. The minimum atomic E-state index is -1.01. The number of halogens is 2. The third-order valence-electron chi connectivity index (χ3n) is 2.66. The predicted octanol–water partition coefficient (Wildman–Crippen LogP) is 1.82. The molecule has 1 heterocycles. The van der Waals surface area contributed by atoms with Crippen molar-refractivity contribution in [1.82, 2.24) is 0 Å². The van der Waals surface area contributed by atoms with Crippen molar-refractivity contribution in [2.24, 2.45) is 0 Å². The van der Waals surface area contributed by atoms with Gasteiger partial charge in [-0.15, -0.1) is 0 Å². The summed E-state index contributed by atoms with van der Waals surface area (Å²) in [5.74, 6) is -1.22. The summed E-state index contributed by atoms with van der Waals surface area (Å²) in [5, 5.41) is 10.7. The average Bonchev–Trinajstić information content (AvgIpc) is 2.57. The first kappa shape index (κ1) is 12.7.